The van der Waals surface area contributed by atoms with Gasteiger partial charge in [0.1, 0.15) is 5.52 Å². The lowest BCUT2D eigenvalue weighted by Crippen LogP contribution is -2.19. The molecule has 1 N–H and O–H groups in total. The summed E-state index contributed by atoms with van der Waals surface area (Å²) in [6, 6.07) is 4.65. The number of fused-ring (bicyclic) bond motifs is 1. The number of carbonyl (C=O) groups excluding carboxylic acids is 1. The van der Waals surface area contributed by atoms with Crippen molar-refractivity contribution >= 4 is 17.1 Å². The Hall–Kier alpha value is -1.92. The van der Waals surface area contributed by atoms with Gasteiger partial charge in [0, 0.05) is 0 Å². The molecule has 0 bridgehead atoms. The maximum Gasteiger partial charge on any atom is 0.359 e. The van der Waals surface area contributed by atoms with E-state index >= 15 is 0 Å². The third-order valence-electron chi connectivity index (χ3n) is 1.78. The fourth-order valence-corrected chi connectivity index (χ4v) is 1.16. The Morgan fingerprint density at radius 2 is 2.40 bits per heavy atom. The van der Waals surface area contributed by atoms with E-state index < -0.39 is 5.97 Å². The van der Waals surface area contributed by atoms with Crippen LogP contribution in [-0.4, -0.2) is 28.4 Å². The molecule has 0 atom stereocenters. The zero-order chi connectivity index (χ0) is 10.8. The van der Waals surface area contributed by atoms with Crippen LogP contribution >= 0.6 is 0 Å². The summed E-state index contributed by atoms with van der Waals surface area (Å²) >= 11 is 0. The van der Waals surface area contributed by atoms with Crippen molar-refractivity contribution in [1.82, 2.24) is 10.2 Å². The summed E-state index contributed by atoms with van der Waals surface area (Å²) in [5, 5.41) is 9.06. The maximum absolute atomic E-state index is 11.3. The van der Waals surface area contributed by atoms with Gasteiger partial charge < -0.3 is 9.25 Å². The van der Waals surface area contributed by atoms with E-state index in [0.717, 1.165) is 0 Å². The van der Waals surface area contributed by atoms with E-state index in [9.17, 15) is 4.79 Å². The van der Waals surface area contributed by atoms with Crippen molar-refractivity contribution in [3.05, 3.63) is 30.2 Å². The van der Waals surface area contributed by atoms with E-state index in [-0.39, 0.29) is 5.56 Å². The first-order valence-corrected chi connectivity index (χ1v) is 4.15. The Balaban J connectivity index is 2.31. The van der Waals surface area contributed by atoms with E-state index in [1.165, 1.54) is 25.6 Å². The molecule has 1 heterocycles. The lowest BCUT2D eigenvalue weighted by molar-refractivity contribution is -0.284. The van der Waals surface area contributed by atoms with Crippen LogP contribution in [0.4, 0.5) is 0 Å². The molecular formula is C9H8N2O4. The molecule has 0 spiro atoms. The zero-order valence-corrected chi connectivity index (χ0v) is 7.88. The third-order valence-corrected chi connectivity index (χ3v) is 1.78. The number of carbonyl (C=O) groups is 1. The summed E-state index contributed by atoms with van der Waals surface area (Å²) in [4.78, 5) is 19.7. The summed E-state index contributed by atoms with van der Waals surface area (Å²) in [6.07, 6.45) is 1.29. The van der Waals surface area contributed by atoms with Gasteiger partial charge in [-0.2, -0.15) is 0 Å². The van der Waals surface area contributed by atoms with Crippen molar-refractivity contribution in [2.45, 2.75) is 0 Å². The van der Waals surface area contributed by atoms with Gasteiger partial charge in [0.25, 0.3) is 0 Å². The second kappa shape index (κ2) is 3.68. The Bertz CT molecular complexity index is 492. The summed E-state index contributed by atoms with van der Waals surface area (Å²) < 4.78 is 5.01. The minimum Gasteiger partial charge on any atom is -0.443 e. The molecule has 6 nitrogen and oxygen atoms in total. The first-order chi connectivity index (χ1) is 7.16. The maximum atomic E-state index is 11.3. The predicted molar refractivity (Wildman–Crippen MR) is 49.0 cm³/mol. The first kappa shape index (κ1) is 9.63. The Labute approximate surface area is 84.6 Å². The summed E-state index contributed by atoms with van der Waals surface area (Å²) in [5.74, 6) is -0.662. The van der Waals surface area contributed by atoms with Gasteiger partial charge in [0.2, 0.25) is 0 Å². The average Bonchev–Trinajstić information content (AvgIpc) is 2.62. The number of oxazole rings is 1. The van der Waals surface area contributed by atoms with Crippen LogP contribution in [0.1, 0.15) is 10.4 Å². The molecular weight excluding hydrogens is 200 g/mol. The number of benzene rings is 1. The highest BCUT2D eigenvalue weighted by Crippen LogP contribution is 2.14. The second-order valence-corrected chi connectivity index (χ2v) is 2.88. The van der Waals surface area contributed by atoms with Gasteiger partial charge in [0.15, 0.2) is 12.0 Å². The molecule has 2 aromatic rings. The fourth-order valence-electron chi connectivity index (χ4n) is 1.16. The number of hydrogen-bond acceptors (Lipinski definition) is 6. The summed E-state index contributed by atoms with van der Waals surface area (Å²) in [5.41, 5.74) is 1.44. The van der Waals surface area contributed by atoms with E-state index in [4.69, 9.17) is 9.62 Å². The number of aromatic nitrogens is 1. The van der Waals surface area contributed by atoms with Crippen molar-refractivity contribution in [3.63, 3.8) is 0 Å². The largest absolute Gasteiger partial charge is 0.443 e. The molecule has 2 rings (SSSR count). The van der Waals surface area contributed by atoms with Crippen LogP contribution in [0.3, 0.4) is 0 Å². The number of rotatable bonds is 2. The molecule has 0 aliphatic heterocycles. The van der Waals surface area contributed by atoms with Crippen LogP contribution in [0.2, 0.25) is 0 Å². The molecule has 0 aliphatic carbocycles. The Kier molecular flexibility index (Phi) is 2.36. The molecule has 0 amide bonds. The molecule has 15 heavy (non-hydrogen) atoms. The van der Waals surface area contributed by atoms with Gasteiger partial charge in [-0.15, -0.1) is 0 Å². The van der Waals surface area contributed by atoms with Crippen molar-refractivity contribution in [2.24, 2.45) is 0 Å². The van der Waals surface area contributed by atoms with Crippen LogP contribution in [0, 0.1) is 0 Å². The minimum absolute atomic E-state index is 0.289. The van der Waals surface area contributed by atoms with E-state index in [2.05, 4.69) is 9.82 Å². The standard InChI is InChI=1S/C9H8N2O4/c1-11(13)15-9(12)6-2-3-8-7(4-6)10-5-14-8/h2-5,13H,1H3. The SMILES string of the molecule is CN(O)OC(=O)c1ccc2ocnc2c1. The molecule has 6 heteroatoms. The van der Waals surface area contributed by atoms with Crippen LogP contribution in [0.5, 0.6) is 0 Å². The normalized spacial score (nSPS) is 10.9. The highest BCUT2D eigenvalue weighted by molar-refractivity contribution is 5.92. The van der Waals surface area contributed by atoms with Gasteiger partial charge in [-0.05, 0) is 23.4 Å². The van der Waals surface area contributed by atoms with Gasteiger partial charge in [-0.3, -0.25) is 5.21 Å². The lowest BCUT2D eigenvalue weighted by Gasteiger charge is -2.07. The average molecular weight is 208 g/mol. The molecule has 1 aromatic carbocycles. The Morgan fingerprint density at radius 3 is 3.13 bits per heavy atom. The third kappa shape index (κ3) is 1.95. The molecule has 0 radical (unpaired) electrons. The van der Waals surface area contributed by atoms with Crippen LogP contribution < -0.4 is 0 Å². The second-order valence-electron chi connectivity index (χ2n) is 2.88. The summed E-state index contributed by atoms with van der Waals surface area (Å²) in [7, 11) is 1.20. The molecule has 0 unspecified atom stereocenters. The fraction of sp³-hybridized carbons (Fsp3) is 0.111. The first-order valence-electron chi connectivity index (χ1n) is 4.15. The van der Waals surface area contributed by atoms with Crippen molar-refractivity contribution in [2.75, 3.05) is 7.05 Å². The van der Waals surface area contributed by atoms with Gasteiger partial charge in [0.05, 0.1) is 12.6 Å². The van der Waals surface area contributed by atoms with Crippen LogP contribution in [0.15, 0.2) is 29.0 Å². The molecule has 1 aromatic heterocycles. The molecule has 0 aliphatic rings. The number of nitrogens with zero attached hydrogens (tertiary/aromatic N) is 2. The Morgan fingerprint density at radius 1 is 1.60 bits per heavy atom. The highest BCUT2D eigenvalue weighted by atomic mass is 16.9. The molecule has 0 fully saturated rings. The topological polar surface area (TPSA) is 75.8 Å². The van der Waals surface area contributed by atoms with Crippen LogP contribution in [-0.2, 0) is 4.84 Å². The van der Waals surface area contributed by atoms with E-state index in [1.54, 1.807) is 6.07 Å². The number of hydroxylamine groups is 2. The minimum atomic E-state index is -0.662. The van der Waals surface area contributed by atoms with Gasteiger partial charge >= 0.3 is 5.97 Å². The quantitative estimate of drug-likeness (QED) is 0.748. The van der Waals surface area contributed by atoms with Crippen LogP contribution in [0.25, 0.3) is 11.1 Å². The monoisotopic (exact) mass is 208 g/mol. The smallest absolute Gasteiger partial charge is 0.359 e. The number of hydrogen-bond donors (Lipinski definition) is 1. The summed E-state index contributed by atoms with van der Waals surface area (Å²) in [6.45, 7) is 0. The zero-order valence-electron chi connectivity index (χ0n) is 7.88. The van der Waals surface area contributed by atoms with Crippen molar-refractivity contribution in [3.8, 4) is 0 Å². The highest BCUT2D eigenvalue weighted by Gasteiger charge is 2.11. The predicted octanol–water partition coefficient (Wildman–Crippen LogP) is 1.22. The lowest BCUT2D eigenvalue weighted by atomic mass is 10.2. The van der Waals surface area contributed by atoms with Crippen molar-refractivity contribution in [1.29, 1.82) is 0 Å². The van der Waals surface area contributed by atoms with Crippen molar-refractivity contribution < 1.29 is 19.3 Å². The van der Waals surface area contributed by atoms with Gasteiger partial charge in [-0.25, -0.2) is 9.78 Å². The molecule has 78 valence electrons. The molecule has 0 saturated carbocycles. The van der Waals surface area contributed by atoms with E-state index in [0.29, 0.717) is 16.3 Å². The van der Waals surface area contributed by atoms with Gasteiger partial charge in [-0.1, -0.05) is 0 Å². The molecule has 0 saturated heterocycles. The van der Waals surface area contributed by atoms with E-state index in [1.807, 2.05) is 0 Å².